The molecular weight excluding hydrogens is 351 g/mol. The van der Waals surface area contributed by atoms with Crippen LogP contribution >= 0.6 is 0 Å². The molecule has 0 aliphatic rings. The summed E-state index contributed by atoms with van der Waals surface area (Å²) in [7, 11) is 0. The molecule has 3 rings (SSSR count). The number of aromatic nitrogens is 2. The van der Waals surface area contributed by atoms with Crippen molar-refractivity contribution in [2.45, 2.75) is 13.8 Å². The summed E-state index contributed by atoms with van der Waals surface area (Å²) >= 11 is 0. The van der Waals surface area contributed by atoms with Crippen molar-refractivity contribution < 1.29 is 19.0 Å². The van der Waals surface area contributed by atoms with Crippen LogP contribution in [0.1, 0.15) is 21.7 Å². The van der Waals surface area contributed by atoms with Crippen LogP contribution in [0.2, 0.25) is 0 Å². The van der Waals surface area contributed by atoms with Gasteiger partial charge in [-0.1, -0.05) is 0 Å². The first kappa shape index (κ1) is 18.1. The maximum atomic E-state index is 12.9. The Bertz CT molecular complexity index is 979. The lowest BCUT2D eigenvalue weighted by Gasteiger charge is -2.04. The van der Waals surface area contributed by atoms with E-state index in [-0.39, 0.29) is 17.3 Å². The van der Waals surface area contributed by atoms with E-state index in [2.05, 4.69) is 20.2 Å². The molecule has 3 aromatic rings. The zero-order valence-electron chi connectivity index (χ0n) is 14.5. The van der Waals surface area contributed by atoms with Gasteiger partial charge in [0.25, 0.3) is 0 Å². The standard InChI is InChI=1S/C19H15FN4O3/c1-11-7-14(8-12(2)17(11)25)23-24-15-9-21-18(22-10-15)19(26)27-16-5-3-13(20)4-6-16/h3-10,25H,1-2H3/b24-23+. The number of azo groups is 1. The summed E-state index contributed by atoms with van der Waals surface area (Å²) < 4.78 is 17.9. The van der Waals surface area contributed by atoms with Gasteiger partial charge in [-0.25, -0.2) is 19.2 Å². The monoisotopic (exact) mass is 366 g/mol. The van der Waals surface area contributed by atoms with E-state index < -0.39 is 11.8 Å². The molecule has 136 valence electrons. The molecule has 0 saturated heterocycles. The minimum absolute atomic E-state index is 0.158. The third-order valence-corrected chi connectivity index (χ3v) is 3.60. The second-order valence-corrected chi connectivity index (χ2v) is 5.74. The van der Waals surface area contributed by atoms with E-state index in [1.165, 1.54) is 36.7 Å². The number of ether oxygens (including phenoxy) is 1. The third-order valence-electron chi connectivity index (χ3n) is 3.60. The van der Waals surface area contributed by atoms with Crippen molar-refractivity contribution in [3.8, 4) is 11.5 Å². The van der Waals surface area contributed by atoms with Crippen LogP contribution in [-0.4, -0.2) is 21.0 Å². The first-order valence-corrected chi connectivity index (χ1v) is 7.94. The van der Waals surface area contributed by atoms with Crippen molar-refractivity contribution in [2.75, 3.05) is 0 Å². The number of hydrogen-bond donors (Lipinski definition) is 1. The van der Waals surface area contributed by atoms with Crippen LogP contribution in [0.4, 0.5) is 15.8 Å². The predicted molar refractivity (Wildman–Crippen MR) is 95.1 cm³/mol. The smallest absolute Gasteiger partial charge is 0.381 e. The zero-order chi connectivity index (χ0) is 19.4. The Kier molecular flexibility index (Phi) is 5.16. The summed E-state index contributed by atoms with van der Waals surface area (Å²) in [6.45, 7) is 3.54. The van der Waals surface area contributed by atoms with Crippen LogP contribution in [-0.2, 0) is 0 Å². The number of nitrogens with zero attached hydrogens (tertiary/aromatic N) is 4. The molecule has 0 radical (unpaired) electrons. The summed E-state index contributed by atoms with van der Waals surface area (Å²) in [4.78, 5) is 19.8. The molecule has 27 heavy (non-hydrogen) atoms. The van der Waals surface area contributed by atoms with Crippen molar-refractivity contribution in [3.63, 3.8) is 0 Å². The van der Waals surface area contributed by atoms with Gasteiger partial charge in [0.15, 0.2) is 0 Å². The lowest BCUT2D eigenvalue weighted by atomic mass is 10.1. The Balaban J connectivity index is 1.69. The molecule has 0 amide bonds. The number of carbonyl (C=O) groups is 1. The van der Waals surface area contributed by atoms with E-state index in [4.69, 9.17) is 4.74 Å². The third kappa shape index (κ3) is 4.49. The highest BCUT2D eigenvalue weighted by Crippen LogP contribution is 2.28. The van der Waals surface area contributed by atoms with E-state index in [1.54, 1.807) is 26.0 Å². The van der Waals surface area contributed by atoms with Gasteiger partial charge in [0, 0.05) is 0 Å². The molecule has 0 spiro atoms. The highest BCUT2D eigenvalue weighted by Gasteiger charge is 2.12. The number of phenolic OH excluding ortho intramolecular Hbond substituents is 1. The maximum Gasteiger partial charge on any atom is 0.381 e. The fourth-order valence-corrected chi connectivity index (χ4v) is 2.24. The summed E-state index contributed by atoms with van der Waals surface area (Å²) in [5, 5.41) is 17.8. The quantitative estimate of drug-likeness (QED) is 0.414. The van der Waals surface area contributed by atoms with E-state index >= 15 is 0 Å². The number of phenols is 1. The number of aryl methyl sites for hydroxylation is 2. The van der Waals surface area contributed by atoms with Gasteiger partial charge in [0.1, 0.15) is 23.0 Å². The van der Waals surface area contributed by atoms with Gasteiger partial charge in [0.2, 0.25) is 5.82 Å². The van der Waals surface area contributed by atoms with Crippen LogP contribution in [0.5, 0.6) is 11.5 Å². The SMILES string of the molecule is Cc1cc(/N=N/c2cnc(C(=O)Oc3ccc(F)cc3)nc2)cc(C)c1O. The molecule has 0 atom stereocenters. The van der Waals surface area contributed by atoms with Gasteiger partial charge < -0.3 is 9.84 Å². The van der Waals surface area contributed by atoms with Gasteiger partial charge in [0.05, 0.1) is 18.1 Å². The number of carbonyl (C=O) groups excluding carboxylic acids is 1. The molecule has 0 aliphatic carbocycles. The number of hydrogen-bond acceptors (Lipinski definition) is 7. The van der Waals surface area contributed by atoms with Crippen LogP contribution < -0.4 is 4.74 Å². The van der Waals surface area contributed by atoms with E-state index in [0.717, 1.165) is 0 Å². The maximum absolute atomic E-state index is 12.9. The number of esters is 1. The topological polar surface area (TPSA) is 97.0 Å². The minimum Gasteiger partial charge on any atom is -0.507 e. The highest BCUT2D eigenvalue weighted by atomic mass is 19.1. The average molecular weight is 366 g/mol. The molecule has 0 saturated carbocycles. The van der Waals surface area contributed by atoms with E-state index in [9.17, 15) is 14.3 Å². The Morgan fingerprint density at radius 1 is 1.00 bits per heavy atom. The van der Waals surface area contributed by atoms with Gasteiger partial charge >= 0.3 is 5.97 Å². The van der Waals surface area contributed by atoms with Gasteiger partial charge in [-0.15, -0.1) is 5.11 Å². The van der Waals surface area contributed by atoms with E-state index in [1.807, 2.05) is 0 Å². The second-order valence-electron chi connectivity index (χ2n) is 5.74. The number of rotatable bonds is 4. The van der Waals surface area contributed by atoms with Crippen LogP contribution in [0.15, 0.2) is 59.0 Å². The fourth-order valence-electron chi connectivity index (χ4n) is 2.24. The van der Waals surface area contributed by atoms with Crippen molar-refractivity contribution in [3.05, 3.63) is 71.6 Å². The normalized spacial score (nSPS) is 10.9. The molecule has 0 bridgehead atoms. The Hall–Kier alpha value is -3.68. The van der Waals surface area contributed by atoms with Crippen molar-refractivity contribution >= 4 is 17.3 Å². The molecule has 7 nitrogen and oxygen atoms in total. The lowest BCUT2D eigenvalue weighted by Crippen LogP contribution is -2.12. The summed E-state index contributed by atoms with van der Waals surface area (Å²) in [6.07, 6.45) is 2.66. The summed E-state index contributed by atoms with van der Waals surface area (Å²) in [5.74, 6) is -0.947. The van der Waals surface area contributed by atoms with Gasteiger partial charge in [-0.2, -0.15) is 5.11 Å². The number of halogens is 1. The fraction of sp³-hybridized carbons (Fsp3) is 0.105. The second kappa shape index (κ2) is 7.69. The molecule has 2 aromatic carbocycles. The summed E-state index contributed by atoms with van der Waals surface area (Å²) in [5.41, 5.74) is 2.30. The van der Waals surface area contributed by atoms with Crippen LogP contribution in [0, 0.1) is 19.7 Å². The Labute approximate surface area is 154 Å². The molecule has 1 heterocycles. The van der Waals surface area contributed by atoms with Crippen LogP contribution in [0.3, 0.4) is 0 Å². The average Bonchev–Trinajstić information content (AvgIpc) is 2.66. The van der Waals surface area contributed by atoms with Crippen molar-refractivity contribution in [2.24, 2.45) is 10.2 Å². The summed E-state index contributed by atoms with van der Waals surface area (Å²) in [6, 6.07) is 8.41. The molecule has 8 heteroatoms. The highest BCUT2D eigenvalue weighted by molar-refractivity contribution is 5.87. The number of aromatic hydroxyl groups is 1. The first-order chi connectivity index (χ1) is 12.9. The Morgan fingerprint density at radius 3 is 2.15 bits per heavy atom. The first-order valence-electron chi connectivity index (χ1n) is 7.94. The van der Waals surface area contributed by atoms with E-state index in [0.29, 0.717) is 22.5 Å². The minimum atomic E-state index is -0.769. The largest absolute Gasteiger partial charge is 0.507 e. The molecule has 0 fully saturated rings. The van der Waals surface area contributed by atoms with Crippen LogP contribution in [0.25, 0.3) is 0 Å². The number of benzene rings is 2. The Morgan fingerprint density at radius 2 is 1.56 bits per heavy atom. The van der Waals surface area contributed by atoms with Crippen molar-refractivity contribution in [1.82, 2.24) is 9.97 Å². The van der Waals surface area contributed by atoms with Gasteiger partial charge in [-0.3, -0.25) is 0 Å². The molecule has 0 unspecified atom stereocenters. The van der Waals surface area contributed by atoms with Crippen molar-refractivity contribution in [1.29, 1.82) is 0 Å². The molecule has 1 N–H and O–H groups in total. The predicted octanol–water partition coefficient (Wildman–Crippen LogP) is 4.57. The molecular formula is C19H15FN4O3. The molecule has 1 aromatic heterocycles. The molecule has 0 aliphatic heterocycles. The lowest BCUT2D eigenvalue weighted by molar-refractivity contribution is 0.0721. The zero-order valence-corrected chi connectivity index (χ0v) is 14.5. The van der Waals surface area contributed by atoms with Gasteiger partial charge in [-0.05, 0) is 61.4 Å².